The molecule has 0 atom stereocenters. The van der Waals surface area contributed by atoms with Gasteiger partial charge in [-0.1, -0.05) is 33.6 Å². The lowest BCUT2D eigenvalue weighted by Gasteiger charge is -2.36. The summed E-state index contributed by atoms with van der Waals surface area (Å²) in [6.07, 6.45) is 8.59. The van der Waals surface area contributed by atoms with Crippen LogP contribution in [-0.2, 0) is 0 Å². The van der Waals surface area contributed by atoms with E-state index < -0.39 is 0 Å². The minimum Gasteiger partial charge on any atom is -0.317 e. The zero-order valence-electron chi connectivity index (χ0n) is 13.0. The van der Waals surface area contributed by atoms with Crippen LogP contribution in [0.25, 0.3) is 0 Å². The fourth-order valence-electron chi connectivity index (χ4n) is 3.28. The maximum atomic E-state index is 3.41. The van der Waals surface area contributed by atoms with Gasteiger partial charge in [-0.05, 0) is 57.7 Å². The fourth-order valence-corrected chi connectivity index (χ4v) is 3.28. The van der Waals surface area contributed by atoms with Crippen LogP contribution in [0.1, 0.15) is 59.3 Å². The van der Waals surface area contributed by atoms with Gasteiger partial charge in [0.1, 0.15) is 0 Å². The lowest BCUT2D eigenvalue weighted by atomic mass is 9.82. The summed E-state index contributed by atoms with van der Waals surface area (Å²) in [5.74, 6) is 1.99. The van der Waals surface area contributed by atoms with Crippen molar-refractivity contribution in [3.63, 3.8) is 0 Å². The van der Waals surface area contributed by atoms with Crippen molar-refractivity contribution in [1.82, 2.24) is 10.2 Å². The Kier molecular flexibility index (Phi) is 7.92. The summed E-state index contributed by atoms with van der Waals surface area (Å²) in [4.78, 5) is 2.70. The average Bonchev–Trinajstić information content (AvgIpc) is 2.44. The molecule has 1 N–H and O–H groups in total. The Morgan fingerprint density at radius 3 is 2.00 bits per heavy atom. The van der Waals surface area contributed by atoms with Gasteiger partial charge in [-0.3, -0.25) is 0 Å². The number of likely N-dealkylation sites (tertiary alicyclic amines) is 1. The van der Waals surface area contributed by atoms with Crippen LogP contribution in [-0.4, -0.2) is 37.6 Å². The molecule has 0 bridgehead atoms. The SMILES string of the molecule is CC.CNC1CCN(CC2CCC(C)CC2)CC1. The number of hydrogen-bond acceptors (Lipinski definition) is 2. The summed E-state index contributed by atoms with van der Waals surface area (Å²) in [6.45, 7) is 10.4. The van der Waals surface area contributed by atoms with E-state index in [1.165, 1.54) is 58.2 Å². The largest absolute Gasteiger partial charge is 0.317 e. The Labute approximate surface area is 115 Å². The van der Waals surface area contributed by atoms with Crippen LogP contribution in [0.5, 0.6) is 0 Å². The Hall–Kier alpha value is -0.0800. The van der Waals surface area contributed by atoms with Crippen molar-refractivity contribution in [3.8, 4) is 0 Å². The third-order valence-corrected chi connectivity index (χ3v) is 4.65. The van der Waals surface area contributed by atoms with Crippen LogP contribution in [0.15, 0.2) is 0 Å². The molecule has 2 rings (SSSR count). The maximum absolute atomic E-state index is 3.41. The van der Waals surface area contributed by atoms with Gasteiger partial charge in [-0.15, -0.1) is 0 Å². The van der Waals surface area contributed by atoms with E-state index in [0.717, 1.165) is 17.9 Å². The molecule has 1 saturated carbocycles. The first kappa shape index (κ1) is 16.0. The lowest BCUT2D eigenvalue weighted by molar-refractivity contribution is 0.149. The van der Waals surface area contributed by atoms with Gasteiger partial charge in [0.25, 0.3) is 0 Å². The lowest BCUT2D eigenvalue weighted by Crippen LogP contribution is -2.43. The molecular formula is C16H34N2. The summed E-state index contributed by atoms with van der Waals surface area (Å²) < 4.78 is 0. The van der Waals surface area contributed by atoms with Crippen molar-refractivity contribution in [3.05, 3.63) is 0 Å². The van der Waals surface area contributed by atoms with Gasteiger partial charge < -0.3 is 10.2 Å². The average molecular weight is 254 g/mol. The van der Waals surface area contributed by atoms with Gasteiger partial charge in [0.15, 0.2) is 0 Å². The highest BCUT2D eigenvalue weighted by Gasteiger charge is 2.23. The van der Waals surface area contributed by atoms with Crippen LogP contribution in [0.3, 0.4) is 0 Å². The van der Waals surface area contributed by atoms with E-state index in [2.05, 4.69) is 24.2 Å². The van der Waals surface area contributed by atoms with E-state index in [1.807, 2.05) is 13.8 Å². The van der Waals surface area contributed by atoms with Crippen molar-refractivity contribution in [2.45, 2.75) is 65.3 Å². The highest BCUT2D eigenvalue weighted by atomic mass is 15.1. The Bertz CT molecular complexity index is 189. The van der Waals surface area contributed by atoms with Gasteiger partial charge in [0.05, 0.1) is 0 Å². The predicted molar refractivity (Wildman–Crippen MR) is 81.0 cm³/mol. The van der Waals surface area contributed by atoms with Crippen LogP contribution in [0.4, 0.5) is 0 Å². The third-order valence-electron chi connectivity index (χ3n) is 4.65. The molecule has 0 amide bonds. The van der Waals surface area contributed by atoms with Gasteiger partial charge in [-0.2, -0.15) is 0 Å². The minimum atomic E-state index is 0.780. The highest BCUT2D eigenvalue weighted by molar-refractivity contribution is 4.79. The molecule has 18 heavy (non-hydrogen) atoms. The molecular weight excluding hydrogens is 220 g/mol. The summed E-state index contributed by atoms with van der Waals surface area (Å²) >= 11 is 0. The molecule has 1 saturated heterocycles. The van der Waals surface area contributed by atoms with E-state index in [9.17, 15) is 0 Å². The molecule has 2 fully saturated rings. The summed E-state index contributed by atoms with van der Waals surface area (Å²) in [6, 6.07) is 0.780. The number of nitrogens with one attached hydrogen (secondary N) is 1. The smallest absolute Gasteiger partial charge is 0.00884 e. The molecule has 0 unspecified atom stereocenters. The predicted octanol–water partition coefficient (Wildman–Crippen LogP) is 3.52. The number of rotatable bonds is 3. The summed E-state index contributed by atoms with van der Waals surface area (Å²) in [7, 11) is 2.10. The molecule has 0 radical (unpaired) electrons. The van der Waals surface area contributed by atoms with Crippen LogP contribution in [0.2, 0.25) is 0 Å². The molecule has 2 nitrogen and oxygen atoms in total. The first-order valence-electron chi connectivity index (χ1n) is 8.17. The van der Waals surface area contributed by atoms with Crippen molar-refractivity contribution in [2.24, 2.45) is 11.8 Å². The quantitative estimate of drug-likeness (QED) is 0.829. The normalized spacial score (nSPS) is 30.7. The van der Waals surface area contributed by atoms with Crippen molar-refractivity contribution in [1.29, 1.82) is 0 Å². The number of nitrogens with zero attached hydrogens (tertiary/aromatic N) is 1. The molecule has 0 aromatic heterocycles. The first-order valence-corrected chi connectivity index (χ1v) is 8.17. The summed E-state index contributed by atoms with van der Waals surface area (Å²) in [5, 5.41) is 3.41. The van der Waals surface area contributed by atoms with Gasteiger partial charge in [0, 0.05) is 12.6 Å². The van der Waals surface area contributed by atoms with Crippen LogP contribution >= 0.6 is 0 Å². The monoisotopic (exact) mass is 254 g/mol. The molecule has 1 aliphatic heterocycles. The standard InChI is InChI=1S/C14H28N2.C2H6/c1-12-3-5-13(6-4-12)11-16-9-7-14(15-2)8-10-16;1-2/h12-15H,3-11H2,1-2H3;1-2H3. The molecule has 108 valence electrons. The van der Waals surface area contributed by atoms with Crippen LogP contribution < -0.4 is 5.32 Å². The second-order valence-electron chi connectivity index (χ2n) is 5.99. The van der Waals surface area contributed by atoms with E-state index in [0.29, 0.717) is 0 Å². The van der Waals surface area contributed by atoms with Gasteiger partial charge in [0.2, 0.25) is 0 Å². The third kappa shape index (κ3) is 5.27. The zero-order valence-corrected chi connectivity index (χ0v) is 13.0. The number of hydrogen-bond donors (Lipinski definition) is 1. The molecule has 2 aliphatic rings. The van der Waals surface area contributed by atoms with E-state index in [1.54, 1.807) is 0 Å². The molecule has 1 heterocycles. The van der Waals surface area contributed by atoms with E-state index in [4.69, 9.17) is 0 Å². The molecule has 1 aliphatic carbocycles. The zero-order chi connectivity index (χ0) is 13.4. The molecule has 0 aromatic rings. The van der Waals surface area contributed by atoms with E-state index in [-0.39, 0.29) is 0 Å². The Morgan fingerprint density at radius 2 is 1.50 bits per heavy atom. The molecule has 0 aromatic carbocycles. The van der Waals surface area contributed by atoms with E-state index >= 15 is 0 Å². The second-order valence-corrected chi connectivity index (χ2v) is 5.99. The highest BCUT2D eigenvalue weighted by Crippen LogP contribution is 2.29. The van der Waals surface area contributed by atoms with Crippen LogP contribution in [0, 0.1) is 11.8 Å². The summed E-state index contributed by atoms with van der Waals surface area (Å²) in [5.41, 5.74) is 0. The van der Waals surface area contributed by atoms with Gasteiger partial charge >= 0.3 is 0 Å². The Balaban J connectivity index is 0.000000771. The number of piperidine rings is 1. The van der Waals surface area contributed by atoms with Crippen molar-refractivity contribution >= 4 is 0 Å². The van der Waals surface area contributed by atoms with Crippen molar-refractivity contribution in [2.75, 3.05) is 26.7 Å². The maximum Gasteiger partial charge on any atom is 0.00884 e. The minimum absolute atomic E-state index is 0.780. The van der Waals surface area contributed by atoms with Gasteiger partial charge in [-0.25, -0.2) is 0 Å². The molecule has 0 spiro atoms. The first-order chi connectivity index (χ1) is 8.78. The van der Waals surface area contributed by atoms with Crippen molar-refractivity contribution < 1.29 is 0 Å². The Morgan fingerprint density at radius 1 is 0.944 bits per heavy atom. The second kappa shape index (κ2) is 8.92. The topological polar surface area (TPSA) is 15.3 Å². The molecule has 2 heteroatoms. The fraction of sp³-hybridized carbons (Fsp3) is 1.00.